The molecule has 0 amide bonds. The van der Waals surface area contributed by atoms with Crippen LogP contribution in [0.25, 0.3) is 0 Å². The topological polar surface area (TPSA) is 78.9 Å². The van der Waals surface area contributed by atoms with Crippen molar-refractivity contribution >= 4 is 17.9 Å². The summed E-state index contributed by atoms with van der Waals surface area (Å²) in [6.07, 6.45) is 78.0. The van der Waals surface area contributed by atoms with Crippen molar-refractivity contribution in [1.29, 1.82) is 0 Å². The smallest absolute Gasteiger partial charge is 0.306 e. The van der Waals surface area contributed by atoms with Gasteiger partial charge in [-0.1, -0.05) is 239 Å². The molecule has 0 saturated carbocycles. The first kappa shape index (κ1) is 66.1. The SMILES string of the molecule is CC/C=C\C/C=C\C/C=C\C/C=C\C/C=C\C/C=C\CCC(=O)OC[C@@H](COC(=O)CCCCCCC/C=C\C/C=C\CCCC)OC(=O)CCCCCCCCC/C=C\CCCCCCCCCC. The summed E-state index contributed by atoms with van der Waals surface area (Å²) in [6, 6.07) is 0. The summed E-state index contributed by atoms with van der Waals surface area (Å²) in [6.45, 7) is 6.41. The fourth-order valence-electron chi connectivity index (χ4n) is 7.66. The van der Waals surface area contributed by atoms with E-state index in [0.29, 0.717) is 19.3 Å². The lowest BCUT2D eigenvalue weighted by Crippen LogP contribution is -2.30. The van der Waals surface area contributed by atoms with Crippen molar-refractivity contribution in [1.82, 2.24) is 0 Å². The molecule has 0 unspecified atom stereocenters. The highest BCUT2D eigenvalue weighted by Gasteiger charge is 2.19. The van der Waals surface area contributed by atoms with Crippen molar-refractivity contribution < 1.29 is 28.6 Å². The van der Waals surface area contributed by atoms with E-state index in [4.69, 9.17) is 14.2 Å². The Morgan fingerprint density at radius 1 is 0.300 bits per heavy atom. The van der Waals surface area contributed by atoms with Gasteiger partial charge in [0.1, 0.15) is 13.2 Å². The number of rotatable bonds is 51. The Kier molecular flexibility index (Phi) is 54.4. The Hall–Kier alpha value is -3.93. The van der Waals surface area contributed by atoms with Gasteiger partial charge in [0.15, 0.2) is 6.10 Å². The van der Waals surface area contributed by atoms with Gasteiger partial charge < -0.3 is 14.2 Å². The van der Waals surface area contributed by atoms with E-state index in [1.807, 2.05) is 6.08 Å². The number of ether oxygens (including phenoxy) is 3. The fourth-order valence-corrected chi connectivity index (χ4v) is 7.66. The minimum absolute atomic E-state index is 0.112. The molecule has 0 spiro atoms. The maximum absolute atomic E-state index is 12.9. The lowest BCUT2D eigenvalue weighted by atomic mass is 10.1. The van der Waals surface area contributed by atoms with E-state index in [0.717, 1.165) is 103 Å². The lowest BCUT2D eigenvalue weighted by Gasteiger charge is -2.18. The molecule has 0 aliphatic carbocycles. The summed E-state index contributed by atoms with van der Waals surface area (Å²) in [5.74, 6) is -1.02. The number of carbonyl (C=O) groups excluding carboxylic acids is 3. The van der Waals surface area contributed by atoms with Gasteiger partial charge in [-0.15, -0.1) is 0 Å². The molecule has 0 aromatic carbocycles. The van der Waals surface area contributed by atoms with Gasteiger partial charge in [0.05, 0.1) is 0 Å². The molecule has 6 heteroatoms. The van der Waals surface area contributed by atoms with E-state index in [9.17, 15) is 14.4 Å². The standard InChI is InChI=1S/C64H106O6/c1-4-7-10-13-16-19-22-25-28-30-32-34-36-39-42-45-48-51-54-57-63(66)69-60-61(59-68-62(65)56-53-50-47-44-41-38-27-24-21-18-15-12-9-6-3)70-64(67)58-55-52-49-46-43-40-37-35-33-31-29-26-23-20-17-14-11-8-5-2/h7,10,15-16,18-19,24-25,27-28,31-34,39,42,48,51,61H,4-6,8-9,11-14,17,20-23,26,29-30,35-38,40-41,43-47,49-50,52-60H2,1-3H3/b10-7-,18-15-,19-16-,27-24-,28-25-,33-31-,34-32-,42-39-,51-48-/t61-/m1/s1. The van der Waals surface area contributed by atoms with Crippen LogP contribution in [0.1, 0.15) is 258 Å². The number of allylic oxidation sites excluding steroid dienone is 18. The summed E-state index contributed by atoms with van der Waals surface area (Å²) >= 11 is 0. The average molecular weight is 972 g/mol. The van der Waals surface area contributed by atoms with Crippen LogP contribution in [0.3, 0.4) is 0 Å². The second kappa shape index (κ2) is 57.6. The second-order valence-electron chi connectivity index (χ2n) is 18.8. The van der Waals surface area contributed by atoms with Gasteiger partial charge in [0, 0.05) is 19.3 Å². The first-order chi connectivity index (χ1) is 34.5. The van der Waals surface area contributed by atoms with Gasteiger partial charge in [-0.2, -0.15) is 0 Å². The van der Waals surface area contributed by atoms with Crippen LogP contribution in [0.4, 0.5) is 0 Å². The highest BCUT2D eigenvalue weighted by atomic mass is 16.6. The van der Waals surface area contributed by atoms with E-state index < -0.39 is 6.10 Å². The van der Waals surface area contributed by atoms with Crippen LogP contribution < -0.4 is 0 Å². The van der Waals surface area contributed by atoms with E-state index in [-0.39, 0.29) is 37.5 Å². The minimum Gasteiger partial charge on any atom is -0.462 e. The number of hydrogen-bond donors (Lipinski definition) is 0. The van der Waals surface area contributed by atoms with E-state index in [2.05, 4.69) is 124 Å². The molecule has 0 aliphatic heterocycles. The number of carbonyl (C=O) groups is 3. The Morgan fingerprint density at radius 2 is 0.600 bits per heavy atom. The Morgan fingerprint density at radius 3 is 1.01 bits per heavy atom. The van der Waals surface area contributed by atoms with Crippen molar-refractivity contribution in [3.63, 3.8) is 0 Å². The molecule has 398 valence electrons. The maximum Gasteiger partial charge on any atom is 0.306 e. The van der Waals surface area contributed by atoms with Gasteiger partial charge in [-0.3, -0.25) is 14.4 Å². The van der Waals surface area contributed by atoms with Crippen molar-refractivity contribution in [2.45, 2.75) is 264 Å². The third-order valence-electron chi connectivity index (χ3n) is 12.0. The molecule has 0 rings (SSSR count). The predicted molar refractivity (Wildman–Crippen MR) is 302 cm³/mol. The van der Waals surface area contributed by atoms with Gasteiger partial charge in [0.2, 0.25) is 0 Å². The molecular formula is C64H106O6. The summed E-state index contributed by atoms with van der Waals surface area (Å²) in [5, 5.41) is 0. The largest absolute Gasteiger partial charge is 0.462 e. The van der Waals surface area contributed by atoms with Gasteiger partial charge in [-0.25, -0.2) is 0 Å². The minimum atomic E-state index is -0.819. The highest BCUT2D eigenvalue weighted by Crippen LogP contribution is 2.14. The normalized spacial score (nSPS) is 12.9. The molecule has 0 saturated heterocycles. The monoisotopic (exact) mass is 971 g/mol. The molecule has 0 fully saturated rings. The summed E-state index contributed by atoms with van der Waals surface area (Å²) < 4.78 is 16.8. The van der Waals surface area contributed by atoms with Crippen LogP contribution in [0.15, 0.2) is 109 Å². The maximum atomic E-state index is 12.9. The molecule has 70 heavy (non-hydrogen) atoms. The third kappa shape index (κ3) is 55.0. The van der Waals surface area contributed by atoms with Gasteiger partial charge in [-0.05, 0) is 109 Å². The molecule has 0 N–H and O–H groups in total. The molecule has 1 atom stereocenters. The number of unbranched alkanes of at least 4 members (excludes halogenated alkanes) is 22. The average Bonchev–Trinajstić information content (AvgIpc) is 3.36. The van der Waals surface area contributed by atoms with Crippen molar-refractivity contribution in [2.24, 2.45) is 0 Å². The summed E-state index contributed by atoms with van der Waals surface area (Å²) in [5.41, 5.74) is 0. The number of hydrogen-bond acceptors (Lipinski definition) is 6. The zero-order chi connectivity index (χ0) is 50.7. The quantitative estimate of drug-likeness (QED) is 0.0262. The van der Waals surface area contributed by atoms with Crippen LogP contribution in [0.5, 0.6) is 0 Å². The van der Waals surface area contributed by atoms with Crippen LogP contribution in [0.2, 0.25) is 0 Å². The zero-order valence-corrected chi connectivity index (χ0v) is 45.5. The van der Waals surface area contributed by atoms with E-state index >= 15 is 0 Å². The molecule has 0 heterocycles. The van der Waals surface area contributed by atoms with Crippen molar-refractivity contribution in [2.75, 3.05) is 13.2 Å². The molecule has 0 radical (unpaired) electrons. The zero-order valence-electron chi connectivity index (χ0n) is 45.5. The second-order valence-corrected chi connectivity index (χ2v) is 18.8. The number of esters is 3. The van der Waals surface area contributed by atoms with Gasteiger partial charge in [0.25, 0.3) is 0 Å². The molecule has 0 aliphatic rings. The Balaban J connectivity index is 4.52. The first-order valence-electron chi connectivity index (χ1n) is 28.9. The van der Waals surface area contributed by atoms with Crippen molar-refractivity contribution in [3.05, 3.63) is 109 Å². The molecular weight excluding hydrogens is 865 g/mol. The van der Waals surface area contributed by atoms with Crippen LogP contribution in [-0.4, -0.2) is 37.2 Å². The Labute approximate surface area is 431 Å². The fraction of sp³-hybridized carbons (Fsp3) is 0.672. The molecule has 0 aromatic rings. The third-order valence-corrected chi connectivity index (χ3v) is 12.0. The van der Waals surface area contributed by atoms with Gasteiger partial charge >= 0.3 is 17.9 Å². The molecule has 0 bridgehead atoms. The predicted octanol–water partition coefficient (Wildman–Crippen LogP) is 19.5. The van der Waals surface area contributed by atoms with E-state index in [1.165, 1.54) is 109 Å². The first-order valence-corrected chi connectivity index (χ1v) is 28.9. The van der Waals surface area contributed by atoms with E-state index in [1.54, 1.807) is 0 Å². The van der Waals surface area contributed by atoms with Crippen LogP contribution in [-0.2, 0) is 28.6 Å². The Bertz CT molecular complexity index is 1440. The van der Waals surface area contributed by atoms with Crippen molar-refractivity contribution in [3.8, 4) is 0 Å². The highest BCUT2D eigenvalue weighted by molar-refractivity contribution is 5.71. The molecule has 0 aromatic heterocycles. The molecule has 6 nitrogen and oxygen atoms in total. The van der Waals surface area contributed by atoms with Crippen LogP contribution >= 0.6 is 0 Å². The lowest BCUT2D eigenvalue weighted by molar-refractivity contribution is -0.166. The van der Waals surface area contributed by atoms with Crippen LogP contribution in [0, 0.1) is 0 Å². The summed E-state index contributed by atoms with van der Waals surface area (Å²) in [7, 11) is 0. The summed E-state index contributed by atoms with van der Waals surface area (Å²) in [4.78, 5) is 38.1.